The van der Waals surface area contributed by atoms with Gasteiger partial charge >= 0.3 is 0 Å². The molecule has 1 aliphatic carbocycles. The zero-order valence-corrected chi connectivity index (χ0v) is 12.4. The molecule has 0 saturated carbocycles. The van der Waals surface area contributed by atoms with Crippen molar-refractivity contribution >= 4 is 5.69 Å². The quantitative estimate of drug-likeness (QED) is 0.804. The van der Waals surface area contributed by atoms with Crippen LogP contribution in [-0.2, 0) is 6.42 Å². The third kappa shape index (κ3) is 2.78. The summed E-state index contributed by atoms with van der Waals surface area (Å²) in [5.41, 5.74) is 5.59. The molecule has 0 aromatic heterocycles. The van der Waals surface area contributed by atoms with Gasteiger partial charge in [0.05, 0.1) is 17.3 Å². The molecule has 0 saturated heterocycles. The van der Waals surface area contributed by atoms with Gasteiger partial charge in [-0.25, -0.2) is 0 Å². The van der Waals surface area contributed by atoms with Crippen molar-refractivity contribution in [1.29, 1.82) is 5.26 Å². The normalized spacial score (nSPS) is 17.4. The first-order chi connectivity index (χ1) is 10.3. The summed E-state index contributed by atoms with van der Waals surface area (Å²) in [6.07, 6.45) is 4.75. The SMILES string of the molecule is Cc1cccc(NC2CCCCc3ccccc32)c1C#N. The molecule has 106 valence electrons. The molecule has 0 aliphatic heterocycles. The lowest BCUT2D eigenvalue weighted by atomic mass is 9.98. The van der Waals surface area contributed by atoms with Crippen LogP contribution in [0.5, 0.6) is 0 Å². The average molecular weight is 276 g/mol. The van der Waals surface area contributed by atoms with E-state index in [9.17, 15) is 5.26 Å². The van der Waals surface area contributed by atoms with Crippen LogP contribution in [0.3, 0.4) is 0 Å². The van der Waals surface area contributed by atoms with Gasteiger partial charge in [-0.2, -0.15) is 5.26 Å². The Kier molecular flexibility index (Phi) is 3.92. The highest BCUT2D eigenvalue weighted by atomic mass is 14.9. The fraction of sp³-hybridized carbons (Fsp3) is 0.316. The van der Waals surface area contributed by atoms with E-state index in [1.165, 1.54) is 24.0 Å². The fourth-order valence-electron chi connectivity index (χ4n) is 3.20. The lowest BCUT2D eigenvalue weighted by Gasteiger charge is -2.21. The molecule has 2 nitrogen and oxygen atoms in total. The summed E-state index contributed by atoms with van der Waals surface area (Å²) in [7, 11) is 0. The predicted molar refractivity (Wildman–Crippen MR) is 86.3 cm³/mol. The Morgan fingerprint density at radius 1 is 1.10 bits per heavy atom. The second kappa shape index (κ2) is 6.01. The number of hydrogen-bond donors (Lipinski definition) is 1. The number of nitrogens with one attached hydrogen (secondary N) is 1. The molecule has 3 rings (SSSR count). The second-order valence-electron chi connectivity index (χ2n) is 5.75. The molecule has 0 bridgehead atoms. The van der Waals surface area contributed by atoms with Crippen LogP contribution in [0.15, 0.2) is 42.5 Å². The zero-order chi connectivity index (χ0) is 14.7. The summed E-state index contributed by atoms with van der Waals surface area (Å²) in [6.45, 7) is 1.99. The van der Waals surface area contributed by atoms with E-state index < -0.39 is 0 Å². The van der Waals surface area contributed by atoms with Crippen molar-refractivity contribution in [2.75, 3.05) is 5.32 Å². The van der Waals surface area contributed by atoms with Crippen LogP contribution >= 0.6 is 0 Å². The number of hydrogen-bond acceptors (Lipinski definition) is 2. The summed E-state index contributed by atoms with van der Waals surface area (Å²) in [4.78, 5) is 0. The summed E-state index contributed by atoms with van der Waals surface area (Å²) in [5, 5.41) is 13.0. The molecule has 0 radical (unpaired) electrons. The van der Waals surface area contributed by atoms with Crippen LogP contribution < -0.4 is 5.32 Å². The molecule has 1 N–H and O–H groups in total. The summed E-state index contributed by atoms with van der Waals surface area (Å²) < 4.78 is 0. The third-order valence-electron chi connectivity index (χ3n) is 4.33. The summed E-state index contributed by atoms with van der Waals surface area (Å²) in [6, 6.07) is 17.3. The van der Waals surface area contributed by atoms with Gasteiger partial charge in [-0.1, -0.05) is 42.8 Å². The zero-order valence-electron chi connectivity index (χ0n) is 12.4. The van der Waals surface area contributed by atoms with Gasteiger partial charge in [0.1, 0.15) is 6.07 Å². The Balaban J connectivity index is 1.96. The lowest BCUT2D eigenvalue weighted by Crippen LogP contribution is -2.12. The summed E-state index contributed by atoms with van der Waals surface area (Å²) >= 11 is 0. The predicted octanol–water partition coefficient (Wildman–Crippen LogP) is 4.75. The number of nitrogens with zero attached hydrogens (tertiary/aromatic N) is 1. The maximum atomic E-state index is 9.39. The van der Waals surface area contributed by atoms with E-state index >= 15 is 0 Å². The van der Waals surface area contributed by atoms with E-state index in [1.807, 2.05) is 25.1 Å². The molecular formula is C19H20N2. The first-order valence-corrected chi connectivity index (χ1v) is 7.63. The number of nitriles is 1. The van der Waals surface area contributed by atoms with Crippen LogP contribution in [0.4, 0.5) is 5.69 Å². The van der Waals surface area contributed by atoms with E-state index in [2.05, 4.69) is 35.7 Å². The van der Waals surface area contributed by atoms with Crippen LogP contribution in [0.1, 0.15) is 47.6 Å². The van der Waals surface area contributed by atoms with Crippen LogP contribution in [-0.4, -0.2) is 0 Å². The minimum Gasteiger partial charge on any atom is -0.377 e. The molecule has 21 heavy (non-hydrogen) atoms. The van der Waals surface area contributed by atoms with Gasteiger partial charge in [0.2, 0.25) is 0 Å². The van der Waals surface area contributed by atoms with E-state index in [0.29, 0.717) is 6.04 Å². The Morgan fingerprint density at radius 2 is 1.95 bits per heavy atom. The Hall–Kier alpha value is -2.27. The third-order valence-corrected chi connectivity index (χ3v) is 4.33. The van der Waals surface area contributed by atoms with Gasteiger partial charge in [-0.3, -0.25) is 0 Å². The highest BCUT2D eigenvalue weighted by Gasteiger charge is 2.19. The number of aryl methyl sites for hydroxylation is 2. The molecule has 2 aromatic rings. The van der Waals surface area contributed by atoms with Crippen molar-refractivity contribution in [2.45, 2.75) is 38.6 Å². The maximum Gasteiger partial charge on any atom is 0.102 e. The second-order valence-corrected chi connectivity index (χ2v) is 5.75. The van der Waals surface area contributed by atoms with Gasteiger partial charge in [0.15, 0.2) is 0 Å². The van der Waals surface area contributed by atoms with E-state index in [1.54, 1.807) is 0 Å². The standard InChI is InChI=1S/C19H20N2/c1-14-7-6-12-19(17(14)13-20)21-18-11-5-3-9-15-8-2-4-10-16(15)18/h2,4,6-8,10,12,18,21H,3,5,9,11H2,1H3. The molecule has 0 heterocycles. The van der Waals surface area contributed by atoms with Gasteiger partial charge in [-0.05, 0) is 48.9 Å². The maximum absolute atomic E-state index is 9.39. The van der Waals surface area contributed by atoms with Crippen molar-refractivity contribution in [1.82, 2.24) is 0 Å². The minimum atomic E-state index is 0.303. The van der Waals surface area contributed by atoms with Gasteiger partial charge in [0, 0.05) is 0 Å². The average Bonchev–Trinajstić information content (AvgIpc) is 2.70. The molecular weight excluding hydrogens is 256 g/mol. The smallest absolute Gasteiger partial charge is 0.102 e. The van der Waals surface area contributed by atoms with Gasteiger partial charge in [0.25, 0.3) is 0 Å². The summed E-state index contributed by atoms with van der Waals surface area (Å²) in [5.74, 6) is 0. The fourth-order valence-corrected chi connectivity index (χ4v) is 3.20. The molecule has 0 spiro atoms. The van der Waals surface area contributed by atoms with Gasteiger partial charge in [-0.15, -0.1) is 0 Å². The van der Waals surface area contributed by atoms with Crippen molar-refractivity contribution in [3.8, 4) is 6.07 Å². The topological polar surface area (TPSA) is 35.8 Å². The van der Waals surface area contributed by atoms with Crippen LogP contribution in [0.2, 0.25) is 0 Å². The highest BCUT2D eigenvalue weighted by Crippen LogP contribution is 2.32. The first-order valence-electron chi connectivity index (χ1n) is 7.63. The van der Waals surface area contributed by atoms with Crippen molar-refractivity contribution in [2.24, 2.45) is 0 Å². The van der Waals surface area contributed by atoms with Crippen LogP contribution in [0.25, 0.3) is 0 Å². The molecule has 1 unspecified atom stereocenters. The van der Waals surface area contributed by atoms with E-state index in [-0.39, 0.29) is 0 Å². The highest BCUT2D eigenvalue weighted by molar-refractivity contribution is 5.61. The Labute approximate surface area is 126 Å². The number of rotatable bonds is 2. The van der Waals surface area contributed by atoms with Crippen molar-refractivity contribution < 1.29 is 0 Å². The number of anilines is 1. The largest absolute Gasteiger partial charge is 0.377 e. The minimum absolute atomic E-state index is 0.303. The molecule has 1 atom stereocenters. The van der Waals surface area contributed by atoms with E-state index in [0.717, 1.165) is 29.7 Å². The van der Waals surface area contributed by atoms with Crippen LogP contribution in [0, 0.1) is 18.3 Å². The molecule has 1 aliphatic rings. The number of fused-ring (bicyclic) bond motifs is 1. The molecule has 0 amide bonds. The lowest BCUT2D eigenvalue weighted by molar-refractivity contribution is 0.644. The molecule has 2 heteroatoms. The van der Waals surface area contributed by atoms with Crippen molar-refractivity contribution in [3.63, 3.8) is 0 Å². The number of benzene rings is 2. The molecule has 2 aromatic carbocycles. The molecule has 0 fully saturated rings. The van der Waals surface area contributed by atoms with Crippen molar-refractivity contribution in [3.05, 3.63) is 64.7 Å². The Morgan fingerprint density at radius 3 is 2.81 bits per heavy atom. The monoisotopic (exact) mass is 276 g/mol. The first kappa shape index (κ1) is 13.7. The Bertz CT molecular complexity index is 682. The van der Waals surface area contributed by atoms with Gasteiger partial charge < -0.3 is 5.32 Å². The van der Waals surface area contributed by atoms with E-state index in [4.69, 9.17) is 0 Å².